The van der Waals surface area contributed by atoms with Gasteiger partial charge in [-0.25, -0.2) is 13.2 Å². The molecule has 0 saturated heterocycles. The first-order chi connectivity index (χ1) is 12.4. The van der Waals surface area contributed by atoms with Gasteiger partial charge in [-0.05, 0) is 19.3 Å². The lowest BCUT2D eigenvalue weighted by Crippen LogP contribution is -2.43. The Morgan fingerprint density at radius 3 is 1.92 bits per heavy atom. The minimum absolute atomic E-state index is 0.102. The maximum Gasteiger partial charge on any atom is 0.170 e. The second-order valence-electron chi connectivity index (χ2n) is 6.88. The van der Waals surface area contributed by atoms with Gasteiger partial charge in [-0.2, -0.15) is 0 Å². The predicted octanol–water partition coefficient (Wildman–Crippen LogP) is 6.41. The molecule has 1 aromatic rings. The first-order valence-electron chi connectivity index (χ1n) is 9.67. The molecular formula is C21H33F3O2. The van der Waals surface area contributed by atoms with Crippen molar-refractivity contribution >= 4 is 0 Å². The van der Waals surface area contributed by atoms with Gasteiger partial charge in [0.1, 0.15) is 17.5 Å². The molecule has 0 aromatic heterocycles. The second kappa shape index (κ2) is 11.6. The van der Waals surface area contributed by atoms with Crippen molar-refractivity contribution in [3.05, 3.63) is 35.1 Å². The fourth-order valence-electron chi connectivity index (χ4n) is 3.66. The maximum absolute atomic E-state index is 14.1. The minimum Gasteiger partial charge on any atom is -0.353 e. The fourth-order valence-corrected chi connectivity index (χ4v) is 3.66. The number of methoxy groups -OCH3 is 2. The third kappa shape index (κ3) is 6.27. The first-order valence-corrected chi connectivity index (χ1v) is 9.67. The van der Waals surface area contributed by atoms with E-state index in [1.165, 1.54) is 19.3 Å². The van der Waals surface area contributed by atoms with Crippen LogP contribution >= 0.6 is 0 Å². The van der Waals surface area contributed by atoms with E-state index in [2.05, 4.69) is 6.92 Å². The lowest BCUT2D eigenvalue weighted by Gasteiger charge is -2.38. The molecule has 2 nitrogen and oxygen atoms in total. The smallest absolute Gasteiger partial charge is 0.170 e. The van der Waals surface area contributed by atoms with Crippen LogP contribution in [0.5, 0.6) is 0 Å². The highest BCUT2D eigenvalue weighted by Crippen LogP contribution is 2.35. The summed E-state index contributed by atoms with van der Waals surface area (Å²) in [6, 6.07) is 1.46. The van der Waals surface area contributed by atoms with E-state index in [0.29, 0.717) is 6.42 Å². The number of ether oxygens (including phenoxy) is 2. The highest BCUT2D eigenvalue weighted by molar-refractivity contribution is 5.21. The van der Waals surface area contributed by atoms with E-state index in [1.54, 1.807) is 14.2 Å². The molecule has 0 bridgehead atoms. The summed E-state index contributed by atoms with van der Waals surface area (Å²) in [5.74, 6) is -3.74. The van der Waals surface area contributed by atoms with Crippen LogP contribution in [0.15, 0.2) is 12.1 Å². The Morgan fingerprint density at radius 1 is 0.885 bits per heavy atom. The van der Waals surface area contributed by atoms with Crippen LogP contribution < -0.4 is 0 Å². The van der Waals surface area contributed by atoms with Crippen molar-refractivity contribution in [3.8, 4) is 0 Å². The molecule has 150 valence electrons. The molecule has 0 N–H and O–H groups in total. The Hall–Kier alpha value is -1.07. The minimum atomic E-state index is -0.906. The van der Waals surface area contributed by atoms with Gasteiger partial charge in [0.05, 0.1) is 0 Å². The molecule has 0 aliphatic heterocycles. The third-order valence-corrected chi connectivity index (χ3v) is 5.27. The molecule has 0 amide bonds. The number of benzene rings is 1. The largest absolute Gasteiger partial charge is 0.353 e. The standard InChI is InChI=1S/C21H33F3O2/c1-5-7-8-9-10-11-12-16(21(6-2,25-3)26-4)13-18-19(23)14-17(22)15-20(18)24/h14-16H,5-13H2,1-4H3. The summed E-state index contributed by atoms with van der Waals surface area (Å²) in [7, 11) is 3.11. The Bertz CT molecular complexity index is 499. The zero-order chi connectivity index (χ0) is 19.6. The van der Waals surface area contributed by atoms with Gasteiger partial charge in [-0.1, -0.05) is 52.4 Å². The van der Waals surface area contributed by atoms with Crippen LogP contribution in [-0.2, 0) is 15.9 Å². The number of hydrogen-bond acceptors (Lipinski definition) is 2. The van der Waals surface area contributed by atoms with Crippen LogP contribution in [0.3, 0.4) is 0 Å². The Kier molecular flexibility index (Phi) is 10.3. The van der Waals surface area contributed by atoms with Gasteiger partial charge < -0.3 is 9.47 Å². The molecule has 0 radical (unpaired) electrons. The molecule has 1 unspecified atom stereocenters. The monoisotopic (exact) mass is 374 g/mol. The quantitative estimate of drug-likeness (QED) is 0.293. The van der Waals surface area contributed by atoms with Gasteiger partial charge >= 0.3 is 0 Å². The summed E-state index contributed by atoms with van der Waals surface area (Å²) in [6.07, 6.45) is 8.19. The molecule has 0 aliphatic rings. The summed E-state index contributed by atoms with van der Waals surface area (Å²) < 4.78 is 52.7. The molecule has 0 saturated carbocycles. The van der Waals surface area contributed by atoms with E-state index < -0.39 is 23.2 Å². The lowest BCUT2D eigenvalue weighted by atomic mass is 9.84. The summed E-state index contributed by atoms with van der Waals surface area (Å²) in [5.41, 5.74) is -0.102. The zero-order valence-corrected chi connectivity index (χ0v) is 16.5. The Balaban J connectivity index is 2.91. The normalized spacial score (nSPS) is 13.2. The van der Waals surface area contributed by atoms with Gasteiger partial charge in [0.25, 0.3) is 0 Å². The van der Waals surface area contributed by atoms with E-state index in [-0.39, 0.29) is 17.9 Å². The molecule has 0 fully saturated rings. The SMILES string of the molecule is CCCCCCCCC(Cc1c(F)cc(F)cc1F)C(CC)(OC)OC. The number of rotatable bonds is 13. The lowest BCUT2D eigenvalue weighted by molar-refractivity contribution is -0.243. The maximum atomic E-state index is 14.1. The van der Waals surface area contributed by atoms with Crippen LogP contribution in [0.4, 0.5) is 13.2 Å². The molecule has 1 rings (SSSR count). The van der Waals surface area contributed by atoms with Crippen LogP contribution in [0.1, 0.15) is 70.8 Å². The Labute approximate surface area is 156 Å². The van der Waals surface area contributed by atoms with Crippen molar-refractivity contribution in [1.29, 1.82) is 0 Å². The third-order valence-electron chi connectivity index (χ3n) is 5.27. The van der Waals surface area contributed by atoms with Gasteiger partial charge in [0.2, 0.25) is 0 Å². The molecule has 1 aromatic carbocycles. The van der Waals surface area contributed by atoms with E-state index in [0.717, 1.165) is 37.8 Å². The van der Waals surface area contributed by atoms with Gasteiger partial charge in [0.15, 0.2) is 5.79 Å². The van der Waals surface area contributed by atoms with Gasteiger partial charge in [0, 0.05) is 37.8 Å². The predicted molar refractivity (Wildman–Crippen MR) is 98.5 cm³/mol. The highest BCUT2D eigenvalue weighted by Gasteiger charge is 2.38. The van der Waals surface area contributed by atoms with Gasteiger partial charge in [-0.3, -0.25) is 0 Å². The summed E-state index contributed by atoms with van der Waals surface area (Å²) in [6.45, 7) is 4.10. The van der Waals surface area contributed by atoms with Crippen molar-refractivity contribution in [2.45, 2.75) is 77.4 Å². The van der Waals surface area contributed by atoms with Crippen LogP contribution in [0.2, 0.25) is 0 Å². The zero-order valence-electron chi connectivity index (χ0n) is 16.5. The number of halogens is 3. The molecule has 1 atom stereocenters. The summed E-state index contributed by atoms with van der Waals surface area (Å²) in [4.78, 5) is 0. The summed E-state index contributed by atoms with van der Waals surface area (Å²) >= 11 is 0. The van der Waals surface area contributed by atoms with Crippen molar-refractivity contribution in [1.82, 2.24) is 0 Å². The molecule has 0 aliphatic carbocycles. The highest BCUT2D eigenvalue weighted by atomic mass is 19.1. The van der Waals surface area contributed by atoms with Gasteiger partial charge in [-0.15, -0.1) is 0 Å². The van der Waals surface area contributed by atoms with Crippen LogP contribution in [0.25, 0.3) is 0 Å². The van der Waals surface area contributed by atoms with E-state index in [4.69, 9.17) is 9.47 Å². The second-order valence-corrected chi connectivity index (χ2v) is 6.88. The Morgan fingerprint density at radius 2 is 1.42 bits per heavy atom. The van der Waals surface area contributed by atoms with Crippen molar-refractivity contribution in [3.63, 3.8) is 0 Å². The van der Waals surface area contributed by atoms with E-state index >= 15 is 0 Å². The van der Waals surface area contributed by atoms with Crippen LogP contribution in [-0.4, -0.2) is 20.0 Å². The number of unbranched alkanes of at least 4 members (excludes halogenated alkanes) is 5. The fraction of sp³-hybridized carbons (Fsp3) is 0.714. The van der Waals surface area contributed by atoms with Crippen molar-refractivity contribution in [2.24, 2.45) is 5.92 Å². The topological polar surface area (TPSA) is 18.5 Å². The average Bonchev–Trinajstić information content (AvgIpc) is 2.61. The van der Waals surface area contributed by atoms with Crippen molar-refractivity contribution in [2.75, 3.05) is 14.2 Å². The molecule has 0 heterocycles. The van der Waals surface area contributed by atoms with Crippen molar-refractivity contribution < 1.29 is 22.6 Å². The average molecular weight is 374 g/mol. The van der Waals surface area contributed by atoms with Crippen LogP contribution in [0, 0.1) is 23.4 Å². The first kappa shape index (κ1) is 23.0. The molecule has 5 heteroatoms. The number of hydrogen-bond donors (Lipinski definition) is 0. The van der Waals surface area contributed by atoms with E-state index in [1.807, 2.05) is 6.92 Å². The van der Waals surface area contributed by atoms with E-state index in [9.17, 15) is 13.2 Å². The molecular weight excluding hydrogens is 341 g/mol. The summed E-state index contributed by atoms with van der Waals surface area (Å²) in [5, 5.41) is 0. The molecule has 26 heavy (non-hydrogen) atoms. The molecule has 0 spiro atoms.